The first-order valence-electron chi connectivity index (χ1n) is 20.9. The van der Waals surface area contributed by atoms with Crippen LogP contribution in [-0.2, 0) is 46.5 Å². The van der Waals surface area contributed by atoms with Crippen molar-refractivity contribution in [2.75, 3.05) is 26.4 Å². The van der Waals surface area contributed by atoms with E-state index in [1.165, 1.54) is 57.8 Å². The number of aliphatic hydroxyl groups excluding tert-OH is 1. The minimum Gasteiger partial charge on any atom is -0.462 e. The maximum Gasteiger partial charge on any atom is 0.472 e. The molecule has 0 radical (unpaired) electrons. The van der Waals surface area contributed by atoms with Gasteiger partial charge in [-0.25, -0.2) is 9.13 Å². The van der Waals surface area contributed by atoms with E-state index in [-0.39, 0.29) is 19.4 Å². The minimum atomic E-state index is -4.86. The molecule has 1 heterocycles. The van der Waals surface area contributed by atoms with Gasteiger partial charge in [0.1, 0.15) is 12.7 Å². The summed E-state index contributed by atoms with van der Waals surface area (Å²) in [5.41, 5.74) is 0. The molecule has 1 aliphatic heterocycles. The normalized spacial score (nSPS) is 18.0. The van der Waals surface area contributed by atoms with Crippen LogP contribution in [0.15, 0.2) is 12.2 Å². The average Bonchev–Trinajstić information content (AvgIpc) is 3.88. The van der Waals surface area contributed by atoms with Crippen molar-refractivity contribution in [1.82, 2.24) is 0 Å². The van der Waals surface area contributed by atoms with Crippen LogP contribution < -0.4 is 0 Å². The summed E-state index contributed by atoms with van der Waals surface area (Å²) in [5.74, 6) is -0.290. The highest BCUT2D eigenvalue weighted by atomic mass is 31.2. The molecule has 1 rings (SSSR count). The zero-order chi connectivity index (χ0) is 40.8. The van der Waals surface area contributed by atoms with Gasteiger partial charge in [0.15, 0.2) is 6.10 Å². The molecule has 0 aromatic carbocycles. The van der Waals surface area contributed by atoms with Crippen LogP contribution in [0.3, 0.4) is 0 Å². The van der Waals surface area contributed by atoms with E-state index in [9.17, 15) is 28.7 Å². The van der Waals surface area contributed by atoms with Crippen molar-refractivity contribution in [2.45, 2.75) is 193 Å². The fourth-order valence-electron chi connectivity index (χ4n) is 5.95. The Balaban J connectivity index is 2.37. The third kappa shape index (κ3) is 33.5. The molecule has 1 saturated heterocycles. The standard InChI is InChI=1S/C39H74O14P2/c1-4-5-19-25-36-37(53-36)26-21-16-12-9-10-14-18-23-28-39(42)52-35(32-51-55(46,47)50-30-34(40)29-49-54(43,44)45)31-48-38(41)27-22-17-13-8-6-7-11-15-20-24-33(2)3/h16,21,33-37,40H,4-15,17-20,22-32H2,1-3H3,(H,46,47)(H2,43,44,45)/b21-16-/t34-,35+,36?,37?/m0/s1. The summed E-state index contributed by atoms with van der Waals surface area (Å²) in [6.45, 7) is 3.99. The molecule has 1 aliphatic rings. The lowest BCUT2D eigenvalue weighted by molar-refractivity contribution is -0.161. The molecule has 0 saturated carbocycles. The summed E-state index contributed by atoms with van der Waals surface area (Å²) < 4.78 is 53.4. The average molecular weight is 829 g/mol. The number of esters is 2. The van der Waals surface area contributed by atoms with Gasteiger partial charge in [-0.3, -0.25) is 23.2 Å². The zero-order valence-electron chi connectivity index (χ0n) is 33.9. The highest BCUT2D eigenvalue weighted by Crippen LogP contribution is 2.44. The molecule has 0 spiro atoms. The molecule has 0 bridgehead atoms. The maximum atomic E-state index is 12.6. The maximum absolute atomic E-state index is 12.6. The molecule has 3 unspecified atom stereocenters. The van der Waals surface area contributed by atoms with E-state index in [1.54, 1.807) is 0 Å². The van der Waals surface area contributed by atoms with Crippen molar-refractivity contribution >= 4 is 27.6 Å². The first-order valence-corrected chi connectivity index (χ1v) is 23.9. The quantitative estimate of drug-likeness (QED) is 0.0151. The van der Waals surface area contributed by atoms with Gasteiger partial charge in [0.05, 0.1) is 32.0 Å². The van der Waals surface area contributed by atoms with E-state index >= 15 is 0 Å². The van der Waals surface area contributed by atoms with Crippen LogP contribution in [0.1, 0.15) is 168 Å². The molecule has 0 aliphatic carbocycles. The first-order chi connectivity index (χ1) is 26.2. The van der Waals surface area contributed by atoms with Crippen LogP contribution in [0, 0.1) is 5.92 Å². The van der Waals surface area contributed by atoms with Crippen LogP contribution in [0.4, 0.5) is 0 Å². The fraction of sp³-hybridized carbons (Fsp3) is 0.897. The van der Waals surface area contributed by atoms with Gasteiger partial charge < -0.3 is 34.0 Å². The predicted molar refractivity (Wildman–Crippen MR) is 211 cm³/mol. The van der Waals surface area contributed by atoms with Crippen LogP contribution in [0.25, 0.3) is 0 Å². The Kier molecular flexibility index (Phi) is 29.9. The first kappa shape index (κ1) is 51.8. The summed E-state index contributed by atoms with van der Waals surface area (Å²) >= 11 is 0. The number of allylic oxidation sites excluding steroid dienone is 1. The van der Waals surface area contributed by atoms with E-state index in [2.05, 4.69) is 42.0 Å². The molecule has 16 heteroatoms. The van der Waals surface area contributed by atoms with Crippen LogP contribution in [0.5, 0.6) is 0 Å². The van der Waals surface area contributed by atoms with E-state index in [1.807, 2.05) is 0 Å². The molecular formula is C39H74O14P2. The van der Waals surface area contributed by atoms with Gasteiger partial charge in [-0.15, -0.1) is 0 Å². The SMILES string of the molecule is CCCCCC1OC1C/C=C\CCCCCCCC(=O)O[C@H](COC(=O)CCCCCCCCCCCC(C)C)COP(=O)(O)OC[C@@H](O)COP(=O)(O)O. The summed E-state index contributed by atoms with van der Waals surface area (Å²) in [6, 6.07) is 0. The molecule has 0 aromatic heterocycles. The van der Waals surface area contributed by atoms with Gasteiger partial charge in [0.25, 0.3) is 0 Å². The number of phosphoric ester groups is 2. The third-order valence-electron chi connectivity index (χ3n) is 9.25. The summed E-state index contributed by atoms with van der Waals surface area (Å²) in [7, 11) is -9.67. The second-order valence-electron chi connectivity index (χ2n) is 15.1. The smallest absolute Gasteiger partial charge is 0.462 e. The summed E-state index contributed by atoms with van der Waals surface area (Å²) in [6.07, 6.45) is 25.3. The lowest BCUT2D eigenvalue weighted by Crippen LogP contribution is -2.30. The van der Waals surface area contributed by atoms with Crippen molar-refractivity contribution in [2.24, 2.45) is 5.92 Å². The number of rotatable bonds is 38. The third-order valence-corrected chi connectivity index (χ3v) is 10.7. The van der Waals surface area contributed by atoms with Crippen molar-refractivity contribution in [3.8, 4) is 0 Å². The Morgan fingerprint density at radius 3 is 1.85 bits per heavy atom. The van der Waals surface area contributed by atoms with Gasteiger partial charge in [0.2, 0.25) is 0 Å². The van der Waals surface area contributed by atoms with Crippen molar-refractivity contribution < 1.29 is 66.3 Å². The van der Waals surface area contributed by atoms with Crippen molar-refractivity contribution in [3.05, 3.63) is 12.2 Å². The number of aliphatic hydroxyl groups is 1. The number of hydrogen-bond acceptors (Lipinski definition) is 11. The Labute approximate surface area is 330 Å². The van der Waals surface area contributed by atoms with E-state index < -0.39 is 59.6 Å². The van der Waals surface area contributed by atoms with Gasteiger partial charge >= 0.3 is 27.6 Å². The Morgan fingerprint density at radius 2 is 1.24 bits per heavy atom. The Morgan fingerprint density at radius 1 is 0.673 bits per heavy atom. The molecule has 55 heavy (non-hydrogen) atoms. The molecule has 0 aromatic rings. The Hall–Kier alpha value is -1.18. The number of unbranched alkanes of at least 4 members (excludes halogenated alkanes) is 15. The molecule has 5 atom stereocenters. The van der Waals surface area contributed by atoms with E-state index in [0.29, 0.717) is 25.0 Å². The Bertz CT molecular complexity index is 1110. The number of ether oxygens (including phenoxy) is 3. The molecule has 0 amide bonds. The van der Waals surface area contributed by atoms with Gasteiger partial charge in [-0.2, -0.15) is 0 Å². The largest absolute Gasteiger partial charge is 0.472 e. The van der Waals surface area contributed by atoms with Crippen molar-refractivity contribution in [1.29, 1.82) is 0 Å². The zero-order valence-corrected chi connectivity index (χ0v) is 35.7. The topological polar surface area (TPSA) is 208 Å². The number of epoxide rings is 1. The number of hydrogen-bond donors (Lipinski definition) is 4. The summed E-state index contributed by atoms with van der Waals surface area (Å²) in [4.78, 5) is 52.6. The van der Waals surface area contributed by atoms with Gasteiger partial charge in [-0.05, 0) is 44.4 Å². The van der Waals surface area contributed by atoms with Crippen molar-refractivity contribution in [3.63, 3.8) is 0 Å². The summed E-state index contributed by atoms with van der Waals surface area (Å²) in [5, 5.41) is 9.73. The van der Waals surface area contributed by atoms with E-state index in [0.717, 1.165) is 70.1 Å². The molecule has 14 nitrogen and oxygen atoms in total. The molecule has 1 fully saturated rings. The minimum absolute atomic E-state index is 0.113. The monoisotopic (exact) mass is 828 g/mol. The lowest BCUT2D eigenvalue weighted by atomic mass is 10.0. The van der Waals surface area contributed by atoms with E-state index in [4.69, 9.17) is 28.5 Å². The molecule has 324 valence electrons. The highest BCUT2D eigenvalue weighted by molar-refractivity contribution is 7.47. The molecule has 4 N–H and O–H groups in total. The number of carbonyl (C=O) groups excluding carboxylic acids is 2. The second kappa shape index (κ2) is 31.8. The molecular weight excluding hydrogens is 754 g/mol. The van der Waals surface area contributed by atoms with Gasteiger partial charge in [0, 0.05) is 12.8 Å². The number of carbonyl (C=O) groups is 2. The van der Waals surface area contributed by atoms with Crippen LogP contribution in [-0.4, -0.2) is 82.6 Å². The highest BCUT2D eigenvalue weighted by Gasteiger charge is 2.36. The number of phosphoric acid groups is 2. The second-order valence-corrected chi connectivity index (χ2v) is 17.8. The predicted octanol–water partition coefficient (Wildman–Crippen LogP) is 9.02. The fourth-order valence-corrected chi connectivity index (χ4v) is 7.11. The lowest BCUT2D eigenvalue weighted by Gasteiger charge is -2.20. The van der Waals surface area contributed by atoms with Gasteiger partial charge in [-0.1, -0.05) is 129 Å². The van der Waals surface area contributed by atoms with Crippen LogP contribution >= 0.6 is 15.6 Å². The van der Waals surface area contributed by atoms with Crippen LogP contribution in [0.2, 0.25) is 0 Å².